The number of benzene rings is 1. The number of rotatable bonds is 4. The minimum atomic E-state index is -4.74. The molecule has 1 aromatic rings. The van der Waals surface area contributed by atoms with Crippen molar-refractivity contribution in [1.82, 2.24) is 5.32 Å². The molecule has 0 aromatic heterocycles. The molecule has 0 bridgehead atoms. The van der Waals surface area contributed by atoms with Gasteiger partial charge < -0.3 is 10.1 Å². The molecule has 0 saturated carbocycles. The Hall–Kier alpha value is -1.98. The molecule has 0 saturated heterocycles. The number of amides is 1. The zero-order valence-corrected chi connectivity index (χ0v) is 11.3. The maximum Gasteiger partial charge on any atom is 0.573 e. The number of carbonyl (C=O) groups excluding carboxylic acids is 1. The summed E-state index contributed by atoms with van der Waals surface area (Å²) in [6.07, 6.45) is 1.53. The normalized spacial score (nSPS) is 18.3. The third-order valence-corrected chi connectivity index (χ3v) is 3.29. The molecule has 1 atom stereocenters. The van der Waals surface area contributed by atoms with Crippen molar-refractivity contribution in [3.63, 3.8) is 0 Å². The summed E-state index contributed by atoms with van der Waals surface area (Å²) in [7, 11) is 0. The number of alkyl halides is 3. The van der Waals surface area contributed by atoms with Crippen molar-refractivity contribution in [3.8, 4) is 5.75 Å². The van der Waals surface area contributed by atoms with Crippen LogP contribution >= 0.6 is 0 Å². The quantitative estimate of drug-likeness (QED) is 0.863. The van der Waals surface area contributed by atoms with Gasteiger partial charge in [0.15, 0.2) is 0 Å². The Balaban J connectivity index is 1.96. The highest BCUT2D eigenvalue weighted by Crippen LogP contribution is 2.26. The SMILES string of the molecule is O=C(NCc1ccccc1OC(F)(F)F)C1CC=CCC1. The molecule has 1 aromatic carbocycles. The summed E-state index contributed by atoms with van der Waals surface area (Å²) in [6, 6.07) is 5.80. The molecule has 1 aliphatic carbocycles. The standard InChI is InChI=1S/C15H16F3NO2/c16-15(17,18)21-13-9-5-4-8-12(13)10-19-14(20)11-6-2-1-3-7-11/h1-2,4-5,8-9,11H,3,6-7,10H2,(H,19,20). The molecule has 3 nitrogen and oxygen atoms in total. The summed E-state index contributed by atoms with van der Waals surface area (Å²) in [5.41, 5.74) is 0.300. The summed E-state index contributed by atoms with van der Waals surface area (Å²) in [5, 5.41) is 2.67. The molecular weight excluding hydrogens is 283 g/mol. The van der Waals surface area contributed by atoms with Crippen LogP contribution in [0.15, 0.2) is 36.4 Å². The third-order valence-electron chi connectivity index (χ3n) is 3.29. The van der Waals surface area contributed by atoms with Crippen molar-refractivity contribution in [2.24, 2.45) is 5.92 Å². The highest BCUT2D eigenvalue weighted by atomic mass is 19.4. The number of carbonyl (C=O) groups is 1. The fourth-order valence-corrected chi connectivity index (χ4v) is 2.23. The van der Waals surface area contributed by atoms with E-state index in [9.17, 15) is 18.0 Å². The molecule has 6 heteroatoms. The van der Waals surface area contributed by atoms with E-state index in [4.69, 9.17) is 0 Å². The first-order valence-electron chi connectivity index (χ1n) is 6.72. The summed E-state index contributed by atoms with van der Waals surface area (Å²) in [6.45, 7) is 0.0191. The number of halogens is 3. The maximum atomic E-state index is 12.3. The molecule has 1 unspecified atom stereocenters. The number of allylic oxidation sites excluding steroid dienone is 2. The Bertz CT molecular complexity index is 526. The third kappa shape index (κ3) is 4.81. The topological polar surface area (TPSA) is 38.3 Å². The molecule has 1 N–H and O–H groups in total. The minimum Gasteiger partial charge on any atom is -0.405 e. The Labute approximate surface area is 120 Å². The van der Waals surface area contributed by atoms with Crippen LogP contribution in [0.1, 0.15) is 24.8 Å². The Morgan fingerprint density at radius 3 is 2.71 bits per heavy atom. The van der Waals surface area contributed by atoms with Gasteiger partial charge in [0.25, 0.3) is 0 Å². The first kappa shape index (κ1) is 15.4. The van der Waals surface area contributed by atoms with Crippen molar-refractivity contribution < 1.29 is 22.7 Å². The Kier molecular flexibility index (Phi) is 4.88. The second-order valence-corrected chi connectivity index (χ2v) is 4.85. The van der Waals surface area contributed by atoms with Crippen molar-refractivity contribution in [3.05, 3.63) is 42.0 Å². The van der Waals surface area contributed by atoms with Crippen LogP contribution in [0.2, 0.25) is 0 Å². The molecule has 1 amide bonds. The lowest BCUT2D eigenvalue weighted by molar-refractivity contribution is -0.274. The number of nitrogens with one attached hydrogen (secondary N) is 1. The fourth-order valence-electron chi connectivity index (χ4n) is 2.23. The number of para-hydroxylation sites is 1. The fraction of sp³-hybridized carbons (Fsp3) is 0.400. The molecule has 1 aliphatic rings. The van der Waals surface area contributed by atoms with Crippen LogP contribution in [-0.2, 0) is 11.3 Å². The van der Waals surface area contributed by atoms with Gasteiger partial charge in [-0.3, -0.25) is 4.79 Å². The Morgan fingerprint density at radius 2 is 2.05 bits per heavy atom. The Morgan fingerprint density at radius 1 is 1.29 bits per heavy atom. The van der Waals surface area contributed by atoms with Crippen LogP contribution in [-0.4, -0.2) is 12.3 Å². The summed E-state index contributed by atoms with van der Waals surface area (Å²) >= 11 is 0. The lowest BCUT2D eigenvalue weighted by atomic mass is 9.93. The van der Waals surface area contributed by atoms with Crippen molar-refractivity contribution in [1.29, 1.82) is 0 Å². The lowest BCUT2D eigenvalue weighted by Gasteiger charge is -2.18. The molecule has 114 valence electrons. The highest BCUT2D eigenvalue weighted by Gasteiger charge is 2.32. The van der Waals surface area contributed by atoms with Gasteiger partial charge in [-0.1, -0.05) is 30.4 Å². The number of hydrogen-bond donors (Lipinski definition) is 1. The summed E-state index contributed by atoms with van der Waals surface area (Å²) in [5.74, 6) is -0.527. The first-order chi connectivity index (χ1) is 9.96. The molecule has 0 radical (unpaired) electrons. The monoisotopic (exact) mass is 299 g/mol. The average molecular weight is 299 g/mol. The molecule has 2 rings (SSSR count). The summed E-state index contributed by atoms with van der Waals surface area (Å²) < 4.78 is 40.8. The zero-order chi connectivity index (χ0) is 15.3. The molecule has 0 heterocycles. The van der Waals surface area contributed by atoms with Crippen molar-refractivity contribution in [2.75, 3.05) is 0 Å². The lowest BCUT2D eigenvalue weighted by Crippen LogP contribution is -2.31. The smallest absolute Gasteiger partial charge is 0.405 e. The van der Waals surface area contributed by atoms with E-state index in [1.165, 1.54) is 18.2 Å². The molecule has 0 fully saturated rings. The van der Waals surface area contributed by atoms with Gasteiger partial charge in [0.05, 0.1) is 0 Å². The van der Waals surface area contributed by atoms with Crippen molar-refractivity contribution >= 4 is 5.91 Å². The van der Waals surface area contributed by atoms with E-state index in [0.717, 1.165) is 12.8 Å². The first-order valence-corrected chi connectivity index (χ1v) is 6.72. The number of hydrogen-bond acceptors (Lipinski definition) is 2. The van der Waals surface area contributed by atoms with Crippen LogP contribution < -0.4 is 10.1 Å². The van der Waals surface area contributed by atoms with Gasteiger partial charge in [-0.2, -0.15) is 0 Å². The van der Waals surface area contributed by atoms with Crippen LogP contribution in [0.25, 0.3) is 0 Å². The average Bonchev–Trinajstić information content (AvgIpc) is 2.45. The van der Waals surface area contributed by atoms with Crippen LogP contribution in [0.3, 0.4) is 0 Å². The molecule has 0 aliphatic heterocycles. The predicted octanol–water partition coefficient (Wildman–Crippen LogP) is 3.56. The van der Waals surface area contributed by atoms with E-state index >= 15 is 0 Å². The summed E-state index contributed by atoms with van der Waals surface area (Å²) in [4.78, 5) is 12.0. The van der Waals surface area contributed by atoms with E-state index in [0.29, 0.717) is 12.0 Å². The van der Waals surface area contributed by atoms with E-state index in [-0.39, 0.29) is 24.1 Å². The zero-order valence-electron chi connectivity index (χ0n) is 11.3. The molecule has 0 spiro atoms. The van der Waals surface area contributed by atoms with Crippen LogP contribution in [0, 0.1) is 5.92 Å². The van der Waals surface area contributed by atoms with Crippen LogP contribution in [0.5, 0.6) is 5.75 Å². The van der Waals surface area contributed by atoms with E-state index in [1.54, 1.807) is 6.07 Å². The second-order valence-electron chi connectivity index (χ2n) is 4.85. The van der Waals surface area contributed by atoms with E-state index in [1.807, 2.05) is 12.2 Å². The van der Waals surface area contributed by atoms with Gasteiger partial charge in [-0.15, -0.1) is 13.2 Å². The highest BCUT2D eigenvalue weighted by molar-refractivity contribution is 5.79. The van der Waals surface area contributed by atoms with Gasteiger partial charge in [-0.25, -0.2) is 0 Å². The van der Waals surface area contributed by atoms with Gasteiger partial charge in [0.1, 0.15) is 5.75 Å². The van der Waals surface area contributed by atoms with Crippen LogP contribution in [0.4, 0.5) is 13.2 Å². The maximum absolute atomic E-state index is 12.3. The second kappa shape index (κ2) is 6.65. The van der Waals surface area contributed by atoms with Gasteiger partial charge in [0, 0.05) is 18.0 Å². The molecule has 21 heavy (non-hydrogen) atoms. The van der Waals surface area contributed by atoms with Gasteiger partial charge in [-0.05, 0) is 25.3 Å². The van der Waals surface area contributed by atoms with Gasteiger partial charge >= 0.3 is 6.36 Å². The predicted molar refractivity (Wildman–Crippen MR) is 71.5 cm³/mol. The number of ether oxygens (including phenoxy) is 1. The molecular formula is C15H16F3NO2. The van der Waals surface area contributed by atoms with E-state index in [2.05, 4.69) is 10.1 Å². The van der Waals surface area contributed by atoms with Crippen molar-refractivity contribution in [2.45, 2.75) is 32.2 Å². The van der Waals surface area contributed by atoms with Gasteiger partial charge in [0.2, 0.25) is 5.91 Å². The van der Waals surface area contributed by atoms with E-state index < -0.39 is 6.36 Å². The largest absolute Gasteiger partial charge is 0.573 e. The minimum absolute atomic E-state index is 0.0191.